The molecule has 192 valence electrons. The van der Waals surface area contributed by atoms with Gasteiger partial charge in [-0.25, -0.2) is 9.36 Å². The number of para-hydroxylation sites is 1. The van der Waals surface area contributed by atoms with Crippen LogP contribution in [0.4, 0.5) is 4.79 Å². The minimum Gasteiger partial charge on any atom is -0.468 e. The van der Waals surface area contributed by atoms with Crippen LogP contribution in [0.15, 0.2) is 41.4 Å². The third kappa shape index (κ3) is 7.12. The summed E-state index contributed by atoms with van der Waals surface area (Å²) in [6, 6.07) is 6.55. The van der Waals surface area contributed by atoms with Gasteiger partial charge in [0.25, 0.3) is 0 Å². The Hall–Kier alpha value is -2.28. The summed E-state index contributed by atoms with van der Waals surface area (Å²) >= 11 is 3.12. The van der Waals surface area contributed by atoms with Crippen LogP contribution in [0.3, 0.4) is 0 Å². The Labute approximate surface area is 210 Å². The summed E-state index contributed by atoms with van der Waals surface area (Å²) in [6.45, 7) is 1.12. The summed E-state index contributed by atoms with van der Waals surface area (Å²) in [5.74, 6) is -1.48. The van der Waals surface area contributed by atoms with Gasteiger partial charge in [-0.3, -0.25) is 24.3 Å². The van der Waals surface area contributed by atoms with Crippen molar-refractivity contribution in [3.05, 3.63) is 41.4 Å². The molecule has 2 fully saturated rings. The molecule has 0 saturated carbocycles. The number of esters is 1. The van der Waals surface area contributed by atoms with Crippen LogP contribution in [0.5, 0.6) is 5.75 Å². The number of rotatable bonds is 10. The van der Waals surface area contributed by atoms with Crippen molar-refractivity contribution in [2.75, 3.05) is 20.3 Å². The summed E-state index contributed by atoms with van der Waals surface area (Å²) in [6.07, 6.45) is -1.21. The minimum atomic E-state index is -4.13. The van der Waals surface area contributed by atoms with Gasteiger partial charge < -0.3 is 19.1 Å². The zero-order valence-electron chi connectivity index (χ0n) is 19.0. The van der Waals surface area contributed by atoms with Crippen LogP contribution in [-0.2, 0) is 28.2 Å². The van der Waals surface area contributed by atoms with E-state index in [-0.39, 0.29) is 25.3 Å². The van der Waals surface area contributed by atoms with E-state index in [1.165, 1.54) is 23.9 Å². The topological polar surface area (TPSA) is 153 Å². The van der Waals surface area contributed by atoms with E-state index >= 15 is 0 Å². The largest absolute Gasteiger partial charge is 0.468 e. The quantitative estimate of drug-likeness (QED) is 0.278. The summed E-state index contributed by atoms with van der Waals surface area (Å²) in [7, 11) is -2.94. The van der Waals surface area contributed by atoms with Crippen molar-refractivity contribution in [3.8, 4) is 5.75 Å². The predicted octanol–water partition coefficient (Wildman–Crippen LogP) is 1.89. The van der Waals surface area contributed by atoms with Gasteiger partial charge in [-0.2, -0.15) is 5.09 Å². The van der Waals surface area contributed by atoms with E-state index < -0.39 is 56.0 Å². The molecule has 0 bridgehead atoms. The second-order valence-electron chi connectivity index (χ2n) is 7.88. The molecule has 0 aromatic heterocycles. The molecule has 2 aliphatic heterocycles. The van der Waals surface area contributed by atoms with Gasteiger partial charge in [0.15, 0.2) is 0 Å². The Morgan fingerprint density at radius 1 is 1.40 bits per heavy atom. The smallest absolute Gasteiger partial charge is 0.459 e. The molecule has 0 radical (unpaired) electrons. The normalized spacial score (nSPS) is 27.4. The average Bonchev–Trinajstić information content (AvgIpc) is 3.19. The SMILES string of the molecule is COC(=O)[C@H](C)NP(=O)(OC[C@H]1O[C@@H](N2CC(/C=C/Br)C(=O)NC2=O)C[C@@H]1O)Oc1ccccc1. The molecule has 2 unspecified atom stereocenters. The van der Waals surface area contributed by atoms with Crippen molar-refractivity contribution in [3.63, 3.8) is 0 Å². The van der Waals surface area contributed by atoms with E-state index in [0.29, 0.717) is 0 Å². The number of nitrogens with zero attached hydrogens (tertiary/aromatic N) is 1. The highest BCUT2D eigenvalue weighted by Crippen LogP contribution is 2.45. The number of ether oxygens (including phenoxy) is 2. The van der Waals surface area contributed by atoms with E-state index in [1.54, 1.807) is 36.4 Å². The van der Waals surface area contributed by atoms with Gasteiger partial charge in [-0.15, -0.1) is 0 Å². The van der Waals surface area contributed by atoms with E-state index in [0.717, 1.165) is 0 Å². The number of methoxy groups -OCH3 is 1. The first-order valence-electron chi connectivity index (χ1n) is 10.7. The van der Waals surface area contributed by atoms with Crippen molar-refractivity contribution in [1.29, 1.82) is 0 Å². The molecule has 1 aromatic rings. The van der Waals surface area contributed by atoms with Crippen LogP contribution in [0.2, 0.25) is 0 Å². The van der Waals surface area contributed by atoms with Crippen LogP contribution in [0.25, 0.3) is 0 Å². The number of hydrogen-bond donors (Lipinski definition) is 3. The monoisotopic (exact) mass is 575 g/mol. The molecule has 3 N–H and O–H groups in total. The molecule has 2 heterocycles. The molecule has 14 heteroatoms. The molecule has 3 rings (SSSR count). The van der Waals surface area contributed by atoms with Crippen molar-refractivity contribution in [2.24, 2.45) is 5.92 Å². The number of aliphatic hydroxyl groups excluding tert-OH is 1. The minimum absolute atomic E-state index is 0.0518. The van der Waals surface area contributed by atoms with Crippen LogP contribution >= 0.6 is 23.7 Å². The van der Waals surface area contributed by atoms with Gasteiger partial charge in [0.05, 0.1) is 25.7 Å². The lowest BCUT2D eigenvalue weighted by atomic mass is 10.1. The molecule has 0 aliphatic carbocycles. The maximum atomic E-state index is 13.4. The first kappa shape index (κ1) is 27.3. The second-order valence-corrected chi connectivity index (χ2v) is 10.1. The Kier molecular flexibility index (Phi) is 9.45. The fraction of sp³-hybridized carbons (Fsp3) is 0.476. The first-order valence-corrected chi connectivity index (χ1v) is 13.2. The van der Waals surface area contributed by atoms with Gasteiger partial charge in [0, 0.05) is 13.0 Å². The zero-order valence-corrected chi connectivity index (χ0v) is 21.5. The molecule has 6 atom stereocenters. The Morgan fingerprint density at radius 3 is 2.77 bits per heavy atom. The number of hydrogen-bond acceptors (Lipinski definition) is 9. The summed E-state index contributed by atoms with van der Waals surface area (Å²) < 4.78 is 35.0. The fourth-order valence-electron chi connectivity index (χ4n) is 3.54. The molecule has 0 spiro atoms. The summed E-state index contributed by atoms with van der Waals surface area (Å²) in [5.41, 5.74) is 0. The fourth-order valence-corrected chi connectivity index (χ4v) is 5.41. The third-order valence-corrected chi connectivity index (χ3v) is 7.31. The second kappa shape index (κ2) is 12.1. The lowest BCUT2D eigenvalue weighted by molar-refractivity contribution is -0.142. The number of carbonyl (C=O) groups excluding carboxylic acids is 3. The van der Waals surface area contributed by atoms with Crippen LogP contribution < -0.4 is 14.9 Å². The Balaban J connectivity index is 1.67. The number of nitrogens with one attached hydrogen (secondary N) is 2. The molecule has 3 amide bonds. The van der Waals surface area contributed by atoms with Gasteiger partial charge in [0.2, 0.25) is 5.91 Å². The highest BCUT2D eigenvalue weighted by atomic mass is 79.9. The average molecular weight is 576 g/mol. The molecule has 35 heavy (non-hydrogen) atoms. The standard InChI is InChI=1S/C21H27BrN3O9P/c1-13(20(28)31-2)24-35(30,34-15-6-4-3-5-7-15)32-12-17-16(26)10-18(33-17)25-11-14(8-9-22)19(27)23-21(25)29/h3-9,13-14,16-18,26H,10-12H2,1-2H3,(H,24,30)(H,23,27,29)/b9-8+/t13-,14?,16-,17+,18+,35?/m0/s1. The van der Waals surface area contributed by atoms with Crippen LogP contribution in [-0.4, -0.2) is 72.7 Å². The van der Waals surface area contributed by atoms with Gasteiger partial charge in [-0.05, 0) is 24.0 Å². The van der Waals surface area contributed by atoms with Gasteiger partial charge in [-0.1, -0.05) is 40.2 Å². The lowest BCUT2D eigenvalue weighted by Crippen LogP contribution is -2.57. The lowest BCUT2D eigenvalue weighted by Gasteiger charge is -2.34. The maximum absolute atomic E-state index is 13.4. The van der Waals surface area contributed by atoms with Crippen molar-refractivity contribution in [1.82, 2.24) is 15.3 Å². The highest BCUT2D eigenvalue weighted by molar-refractivity contribution is 9.11. The number of carbonyl (C=O) groups is 3. The van der Waals surface area contributed by atoms with E-state index in [2.05, 4.69) is 31.1 Å². The summed E-state index contributed by atoms with van der Waals surface area (Å²) in [4.78, 5) is 39.0. The molecule has 2 saturated heterocycles. The van der Waals surface area contributed by atoms with Crippen molar-refractivity contribution in [2.45, 2.75) is 37.8 Å². The Morgan fingerprint density at radius 2 is 2.11 bits per heavy atom. The van der Waals surface area contributed by atoms with Gasteiger partial charge in [0.1, 0.15) is 24.1 Å². The number of imide groups is 1. The van der Waals surface area contributed by atoms with Crippen LogP contribution in [0.1, 0.15) is 13.3 Å². The van der Waals surface area contributed by atoms with E-state index in [4.69, 9.17) is 13.8 Å². The third-order valence-electron chi connectivity index (χ3n) is 5.36. The first-order chi connectivity index (χ1) is 16.7. The number of halogens is 1. The zero-order chi connectivity index (χ0) is 25.6. The van der Waals surface area contributed by atoms with E-state index in [1.807, 2.05) is 0 Å². The predicted molar refractivity (Wildman–Crippen MR) is 126 cm³/mol. The maximum Gasteiger partial charge on any atom is 0.459 e. The van der Waals surface area contributed by atoms with Gasteiger partial charge >= 0.3 is 19.7 Å². The number of benzene rings is 1. The summed E-state index contributed by atoms with van der Waals surface area (Å²) in [5, 5.41) is 15.3. The van der Waals surface area contributed by atoms with E-state index in [9.17, 15) is 24.1 Å². The molecular weight excluding hydrogens is 549 g/mol. The molecule has 2 aliphatic rings. The van der Waals surface area contributed by atoms with Crippen molar-refractivity contribution >= 4 is 41.6 Å². The number of amides is 3. The van der Waals surface area contributed by atoms with Crippen molar-refractivity contribution < 1.29 is 42.6 Å². The number of aliphatic hydroxyl groups is 1. The Bertz CT molecular complexity index is 996. The van der Waals surface area contributed by atoms with Crippen LogP contribution in [0, 0.1) is 5.92 Å². The number of urea groups is 1. The molecule has 1 aromatic carbocycles. The molecular formula is C21H27BrN3O9P. The molecule has 12 nitrogen and oxygen atoms in total. The highest BCUT2D eigenvalue weighted by Gasteiger charge is 2.44.